The SMILES string of the molecule is CCCCCCCCCC(F)COc1ccc(-c2cnc(-c3ccc(OCCCCCCC)cc3)nc2)cc1. The van der Waals surface area contributed by atoms with Gasteiger partial charge in [0.1, 0.15) is 24.3 Å². The number of hydrogen-bond acceptors (Lipinski definition) is 4. The molecule has 0 aliphatic heterocycles. The summed E-state index contributed by atoms with van der Waals surface area (Å²) in [6.07, 6.45) is 17.9. The van der Waals surface area contributed by atoms with Gasteiger partial charge in [-0.05, 0) is 54.8 Å². The summed E-state index contributed by atoms with van der Waals surface area (Å²) >= 11 is 0. The molecular weight excluding hydrogens is 487 g/mol. The van der Waals surface area contributed by atoms with E-state index in [0.717, 1.165) is 48.3 Å². The first-order valence-electron chi connectivity index (χ1n) is 15.1. The van der Waals surface area contributed by atoms with Crippen molar-refractivity contribution in [3.05, 3.63) is 60.9 Å². The molecule has 1 atom stereocenters. The monoisotopic (exact) mass is 534 g/mol. The van der Waals surface area contributed by atoms with Gasteiger partial charge in [-0.15, -0.1) is 0 Å². The Morgan fingerprint density at radius 2 is 1.10 bits per heavy atom. The highest BCUT2D eigenvalue weighted by atomic mass is 19.1. The van der Waals surface area contributed by atoms with Gasteiger partial charge in [-0.25, -0.2) is 14.4 Å². The van der Waals surface area contributed by atoms with Crippen LogP contribution in [0, 0.1) is 0 Å². The number of benzene rings is 2. The number of hydrogen-bond donors (Lipinski definition) is 0. The molecule has 2 aromatic carbocycles. The van der Waals surface area contributed by atoms with E-state index in [1.165, 1.54) is 57.8 Å². The maximum absolute atomic E-state index is 14.2. The maximum Gasteiger partial charge on any atom is 0.159 e. The summed E-state index contributed by atoms with van der Waals surface area (Å²) in [6, 6.07) is 15.6. The summed E-state index contributed by atoms with van der Waals surface area (Å²) < 4.78 is 25.8. The van der Waals surface area contributed by atoms with Crippen LogP contribution in [-0.2, 0) is 0 Å². The highest BCUT2D eigenvalue weighted by Crippen LogP contribution is 2.24. The second-order valence-electron chi connectivity index (χ2n) is 10.4. The fraction of sp³-hybridized carbons (Fsp3) is 0.529. The van der Waals surface area contributed by atoms with Crippen LogP contribution in [0.2, 0.25) is 0 Å². The Bertz CT molecular complexity index is 1020. The number of aromatic nitrogens is 2. The fourth-order valence-electron chi connectivity index (χ4n) is 4.56. The molecule has 212 valence electrons. The lowest BCUT2D eigenvalue weighted by Crippen LogP contribution is -2.12. The number of alkyl halides is 1. The number of nitrogens with zero attached hydrogens (tertiary/aromatic N) is 2. The number of halogens is 1. The third-order valence-electron chi connectivity index (χ3n) is 7.02. The van der Waals surface area contributed by atoms with Gasteiger partial charge in [-0.3, -0.25) is 0 Å². The van der Waals surface area contributed by atoms with Crippen LogP contribution in [0.25, 0.3) is 22.5 Å². The van der Waals surface area contributed by atoms with E-state index in [2.05, 4.69) is 23.8 Å². The third-order valence-corrected chi connectivity index (χ3v) is 7.02. The minimum Gasteiger partial charge on any atom is -0.494 e. The second-order valence-corrected chi connectivity index (χ2v) is 10.4. The Balaban J connectivity index is 1.39. The first kappa shape index (κ1) is 30.6. The molecule has 0 amide bonds. The van der Waals surface area contributed by atoms with Gasteiger partial charge in [0.25, 0.3) is 0 Å². The van der Waals surface area contributed by atoms with E-state index in [1.807, 2.05) is 60.9 Å². The predicted molar refractivity (Wildman–Crippen MR) is 160 cm³/mol. The molecule has 0 spiro atoms. The molecule has 1 unspecified atom stereocenters. The van der Waals surface area contributed by atoms with E-state index in [4.69, 9.17) is 9.47 Å². The maximum atomic E-state index is 14.2. The number of rotatable bonds is 20. The first-order valence-corrected chi connectivity index (χ1v) is 15.1. The van der Waals surface area contributed by atoms with Crippen LogP contribution in [0.3, 0.4) is 0 Å². The van der Waals surface area contributed by atoms with Crippen LogP contribution in [0.15, 0.2) is 60.9 Å². The van der Waals surface area contributed by atoms with Crippen molar-refractivity contribution < 1.29 is 13.9 Å². The topological polar surface area (TPSA) is 44.2 Å². The molecule has 0 aliphatic rings. The zero-order valence-electron chi connectivity index (χ0n) is 24.0. The molecule has 0 bridgehead atoms. The Kier molecular flexibility index (Phi) is 14.4. The van der Waals surface area contributed by atoms with Crippen LogP contribution in [-0.4, -0.2) is 29.4 Å². The summed E-state index contributed by atoms with van der Waals surface area (Å²) in [5.41, 5.74) is 2.88. The quantitative estimate of drug-likeness (QED) is 0.135. The van der Waals surface area contributed by atoms with Gasteiger partial charge in [0.2, 0.25) is 0 Å². The molecule has 0 saturated heterocycles. The highest BCUT2D eigenvalue weighted by Gasteiger charge is 2.09. The van der Waals surface area contributed by atoms with Crippen LogP contribution in [0.5, 0.6) is 11.5 Å². The first-order chi connectivity index (χ1) is 19.2. The van der Waals surface area contributed by atoms with Crippen molar-refractivity contribution in [3.63, 3.8) is 0 Å². The molecule has 0 fully saturated rings. The minimum absolute atomic E-state index is 0.107. The average molecular weight is 535 g/mol. The van der Waals surface area contributed by atoms with Crippen LogP contribution in [0.1, 0.15) is 97.3 Å². The molecule has 39 heavy (non-hydrogen) atoms. The van der Waals surface area contributed by atoms with Gasteiger partial charge >= 0.3 is 0 Å². The zero-order chi connectivity index (χ0) is 27.5. The largest absolute Gasteiger partial charge is 0.494 e. The Hall–Kier alpha value is -2.95. The fourth-order valence-corrected chi connectivity index (χ4v) is 4.56. The summed E-state index contributed by atoms with van der Waals surface area (Å²) in [5, 5.41) is 0. The lowest BCUT2D eigenvalue weighted by atomic mass is 10.1. The van der Waals surface area contributed by atoms with E-state index < -0.39 is 6.17 Å². The molecule has 0 radical (unpaired) electrons. The van der Waals surface area contributed by atoms with Gasteiger partial charge in [0.15, 0.2) is 5.82 Å². The molecule has 3 aromatic rings. The summed E-state index contributed by atoms with van der Waals surface area (Å²) in [5.74, 6) is 2.24. The van der Waals surface area contributed by atoms with Crippen molar-refractivity contribution in [1.29, 1.82) is 0 Å². The minimum atomic E-state index is -0.919. The van der Waals surface area contributed by atoms with Crippen LogP contribution < -0.4 is 9.47 Å². The van der Waals surface area contributed by atoms with E-state index in [1.54, 1.807) is 0 Å². The number of unbranched alkanes of at least 4 members (excludes halogenated alkanes) is 10. The van der Waals surface area contributed by atoms with Crippen molar-refractivity contribution >= 4 is 0 Å². The Morgan fingerprint density at radius 3 is 1.72 bits per heavy atom. The van der Waals surface area contributed by atoms with E-state index >= 15 is 0 Å². The van der Waals surface area contributed by atoms with Crippen molar-refractivity contribution in [1.82, 2.24) is 9.97 Å². The van der Waals surface area contributed by atoms with Crippen molar-refractivity contribution in [2.45, 2.75) is 103 Å². The average Bonchev–Trinajstić information content (AvgIpc) is 2.98. The van der Waals surface area contributed by atoms with Gasteiger partial charge in [-0.2, -0.15) is 0 Å². The lowest BCUT2D eigenvalue weighted by molar-refractivity contribution is 0.184. The molecule has 1 heterocycles. The molecule has 4 nitrogen and oxygen atoms in total. The Morgan fingerprint density at radius 1 is 0.590 bits per heavy atom. The lowest BCUT2D eigenvalue weighted by Gasteiger charge is -2.11. The molecular formula is C34H47FN2O2. The molecule has 0 aliphatic carbocycles. The van der Waals surface area contributed by atoms with Gasteiger partial charge in [-0.1, -0.05) is 96.6 Å². The van der Waals surface area contributed by atoms with Crippen LogP contribution in [0.4, 0.5) is 4.39 Å². The third kappa shape index (κ3) is 11.8. The number of ether oxygens (including phenoxy) is 2. The summed E-state index contributed by atoms with van der Waals surface area (Å²) in [4.78, 5) is 9.13. The van der Waals surface area contributed by atoms with Crippen LogP contribution >= 0.6 is 0 Å². The van der Waals surface area contributed by atoms with Gasteiger partial charge in [0.05, 0.1) is 6.61 Å². The van der Waals surface area contributed by atoms with Gasteiger partial charge < -0.3 is 9.47 Å². The normalized spacial score (nSPS) is 11.9. The second kappa shape index (κ2) is 18.4. The van der Waals surface area contributed by atoms with E-state index in [9.17, 15) is 4.39 Å². The van der Waals surface area contributed by atoms with Crippen molar-refractivity contribution in [2.24, 2.45) is 0 Å². The molecule has 0 N–H and O–H groups in total. The molecule has 1 aromatic heterocycles. The molecule has 5 heteroatoms. The van der Waals surface area contributed by atoms with Gasteiger partial charge in [0, 0.05) is 23.5 Å². The van der Waals surface area contributed by atoms with Crippen molar-refractivity contribution in [2.75, 3.05) is 13.2 Å². The summed E-state index contributed by atoms with van der Waals surface area (Å²) in [7, 11) is 0. The van der Waals surface area contributed by atoms with E-state index in [0.29, 0.717) is 18.0 Å². The molecule has 0 saturated carbocycles. The molecule has 3 rings (SSSR count). The summed E-state index contributed by atoms with van der Waals surface area (Å²) in [6.45, 7) is 5.31. The van der Waals surface area contributed by atoms with E-state index in [-0.39, 0.29) is 6.61 Å². The highest BCUT2D eigenvalue weighted by molar-refractivity contribution is 5.64. The predicted octanol–water partition coefficient (Wildman–Crippen LogP) is 10.0. The smallest absolute Gasteiger partial charge is 0.159 e. The standard InChI is InChI=1S/C34H47FN2O2/c1-3-5-7-9-10-11-13-15-31(35)27-39-33-20-16-28(17-21-33)30-25-36-34(37-26-30)29-18-22-32(23-19-29)38-24-14-12-8-6-4-2/h16-23,25-26,31H,3-15,24,27H2,1-2H3. The zero-order valence-corrected chi connectivity index (χ0v) is 24.0. The Labute approximate surface area is 235 Å². The van der Waals surface area contributed by atoms with Crippen molar-refractivity contribution in [3.8, 4) is 34.0 Å².